The van der Waals surface area contributed by atoms with Crippen molar-refractivity contribution in [3.8, 4) is 5.75 Å². The minimum absolute atomic E-state index is 0.122. The van der Waals surface area contributed by atoms with Crippen LogP contribution in [0, 0.1) is 5.92 Å². The normalized spacial score (nSPS) is 26.6. The Hall–Kier alpha value is -2.62. The van der Waals surface area contributed by atoms with Crippen LogP contribution in [0.3, 0.4) is 0 Å². The quantitative estimate of drug-likeness (QED) is 0.595. The first-order valence-corrected chi connectivity index (χ1v) is 11.3. The number of methoxy groups -OCH3 is 1. The molecule has 4 atom stereocenters. The second-order valence-electron chi connectivity index (χ2n) is 9.32. The predicted octanol–water partition coefficient (Wildman–Crippen LogP) is 5.31. The number of fused-ring (bicyclic) bond motifs is 2. The number of aliphatic hydroxyl groups is 1. The molecule has 3 nitrogen and oxygen atoms in total. The van der Waals surface area contributed by atoms with Crippen LogP contribution in [0.25, 0.3) is 0 Å². The molecule has 3 aliphatic rings. The van der Waals surface area contributed by atoms with Crippen molar-refractivity contribution in [1.29, 1.82) is 0 Å². The van der Waals surface area contributed by atoms with Crippen molar-refractivity contribution in [2.75, 3.05) is 20.7 Å². The van der Waals surface area contributed by atoms with Crippen molar-refractivity contribution >= 4 is 0 Å². The maximum Gasteiger partial charge on any atom is 0.118 e. The van der Waals surface area contributed by atoms with E-state index in [-0.39, 0.29) is 5.92 Å². The smallest absolute Gasteiger partial charge is 0.118 e. The molecule has 0 aliphatic heterocycles. The Morgan fingerprint density at radius 2 is 1.61 bits per heavy atom. The van der Waals surface area contributed by atoms with Crippen LogP contribution in [-0.4, -0.2) is 30.7 Å². The van der Waals surface area contributed by atoms with E-state index in [2.05, 4.69) is 66.5 Å². The van der Waals surface area contributed by atoms with Gasteiger partial charge in [-0.05, 0) is 66.1 Å². The van der Waals surface area contributed by atoms with E-state index in [1.165, 1.54) is 16.7 Å². The monoisotopic (exact) mass is 413 g/mol. The molecule has 0 spiro atoms. The average molecular weight is 414 g/mol. The Bertz CT molecular complexity index is 1030. The summed E-state index contributed by atoms with van der Waals surface area (Å²) in [4.78, 5) is 2.44. The van der Waals surface area contributed by atoms with E-state index in [0.29, 0.717) is 11.8 Å². The minimum Gasteiger partial charge on any atom is -0.497 e. The SMILES string of the molecule is COc1ccc([C@@]2(O)C[C@H]3c4ccccc4[C@@H]2C[C@H]3CN(C)Cc2ccccc2)cc1. The zero-order valence-corrected chi connectivity index (χ0v) is 18.4. The molecule has 0 unspecified atom stereocenters. The van der Waals surface area contributed by atoms with E-state index < -0.39 is 5.60 Å². The highest BCUT2D eigenvalue weighted by atomic mass is 16.5. The second kappa shape index (κ2) is 8.14. The van der Waals surface area contributed by atoms with Gasteiger partial charge in [0, 0.05) is 19.0 Å². The third kappa shape index (κ3) is 3.66. The van der Waals surface area contributed by atoms with Gasteiger partial charge in [-0.2, -0.15) is 0 Å². The standard InChI is InChI=1S/C28H31NO2/c1-29(18-20-8-4-3-5-9-20)19-21-16-27-25-11-7-6-10-24(25)26(21)17-28(27,30)22-12-14-23(31-2)15-13-22/h3-15,21,26-27,30H,16-19H2,1-2H3/t21-,26+,27-,28-/m0/s1. The summed E-state index contributed by atoms with van der Waals surface area (Å²) in [5.41, 5.74) is 4.31. The fourth-order valence-electron chi connectivity index (χ4n) is 5.98. The molecule has 0 radical (unpaired) electrons. The minimum atomic E-state index is -0.820. The summed E-state index contributed by atoms with van der Waals surface area (Å²) in [5.74, 6) is 1.87. The molecule has 3 heteroatoms. The van der Waals surface area contributed by atoms with Gasteiger partial charge in [-0.1, -0.05) is 66.7 Å². The van der Waals surface area contributed by atoms with E-state index in [9.17, 15) is 5.11 Å². The van der Waals surface area contributed by atoms with Crippen molar-refractivity contribution in [2.45, 2.75) is 36.8 Å². The molecule has 160 valence electrons. The maximum absolute atomic E-state index is 12.0. The molecule has 3 aliphatic carbocycles. The summed E-state index contributed by atoms with van der Waals surface area (Å²) in [6.45, 7) is 2.00. The Balaban J connectivity index is 1.42. The Labute approximate surface area is 185 Å². The molecule has 1 N–H and O–H groups in total. The van der Waals surface area contributed by atoms with Gasteiger partial charge in [0.1, 0.15) is 5.75 Å². The number of ether oxygens (including phenoxy) is 1. The van der Waals surface area contributed by atoms with Gasteiger partial charge in [-0.3, -0.25) is 0 Å². The molecule has 0 heterocycles. The first-order chi connectivity index (χ1) is 15.1. The number of nitrogens with zero attached hydrogens (tertiary/aromatic N) is 1. The maximum atomic E-state index is 12.0. The van der Waals surface area contributed by atoms with Crippen molar-refractivity contribution in [1.82, 2.24) is 4.90 Å². The number of benzene rings is 3. The molecule has 1 fully saturated rings. The predicted molar refractivity (Wildman–Crippen MR) is 124 cm³/mol. The molecular weight excluding hydrogens is 382 g/mol. The van der Waals surface area contributed by atoms with Crippen LogP contribution >= 0.6 is 0 Å². The van der Waals surface area contributed by atoms with Crippen molar-refractivity contribution in [3.05, 3.63) is 101 Å². The molecule has 2 bridgehead atoms. The van der Waals surface area contributed by atoms with Gasteiger partial charge in [0.15, 0.2) is 0 Å². The third-order valence-electron chi connectivity index (χ3n) is 7.42. The lowest BCUT2D eigenvalue weighted by Crippen LogP contribution is -2.49. The number of rotatable bonds is 6. The Morgan fingerprint density at radius 1 is 0.935 bits per heavy atom. The van der Waals surface area contributed by atoms with Gasteiger partial charge in [0.2, 0.25) is 0 Å². The van der Waals surface area contributed by atoms with Gasteiger partial charge < -0.3 is 14.7 Å². The van der Waals surface area contributed by atoms with Crippen molar-refractivity contribution < 1.29 is 9.84 Å². The first kappa shape index (κ1) is 20.3. The van der Waals surface area contributed by atoms with Gasteiger partial charge in [0.05, 0.1) is 12.7 Å². The van der Waals surface area contributed by atoms with Gasteiger partial charge in [-0.25, -0.2) is 0 Å². The summed E-state index contributed by atoms with van der Waals surface area (Å²) in [6, 6.07) is 27.5. The molecule has 1 saturated carbocycles. The largest absolute Gasteiger partial charge is 0.497 e. The summed E-state index contributed by atoms with van der Waals surface area (Å²) in [6.07, 6.45) is 1.80. The summed E-state index contributed by atoms with van der Waals surface area (Å²) < 4.78 is 5.33. The van der Waals surface area contributed by atoms with E-state index >= 15 is 0 Å². The molecule has 3 aromatic carbocycles. The highest BCUT2D eigenvalue weighted by Gasteiger charge is 2.53. The first-order valence-electron chi connectivity index (χ1n) is 11.3. The Kier molecular flexibility index (Phi) is 5.33. The third-order valence-corrected chi connectivity index (χ3v) is 7.42. The summed E-state index contributed by atoms with van der Waals surface area (Å²) in [5, 5.41) is 12.0. The van der Waals surface area contributed by atoms with Gasteiger partial charge in [0.25, 0.3) is 0 Å². The van der Waals surface area contributed by atoms with Crippen LogP contribution in [0.1, 0.15) is 46.9 Å². The zero-order valence-electron chi connectivity index (χ0n) is 18.4. The van der Waals surface area contributed by atoms with E-state index in [0.717, 1.165) is 37.2 Å². The molecular formula is C28H31NO2. The van der Waals surface area contributed by atoms with Crippen LogP contribution in [-0.2, 0) is 12.1 Å². The van der Waals surface area contributed by atoms with Crippen molar-refractivity contribution in [3.63, 3.8) is 0 Å². The Morgan fingerprint density at radius 3 is 2.32 bits per heavy atom. The van der Waals surface area contributed by atoms with Gasteiger partial charge in [-0.15, -0.1) is 0 Å². The average Bonchev–Trinajstić information content (AvgIpc) is 2.81. The zero-order chi connectivity index (χ0) is 21.4. The van der Waals surface area contributed by atoms with Gasteiger partial charge >= 0.3 is 0 Å². The lowest BCUT2D eigenvalue weighted by atomic mass is 9.54. The fourth-order valence-corrected chi connectivity index (χ4v) is 5.98. The lowest BCUT2D eigenvalue weighted by Gasteiger charge is -2.54. The van der Waals surface area contributed by atoms with Crippen LogP contribution in [0.2, 0.25) is 0 Å². The highest BCUT2D eigenvalue weighted by molar-refractivity contribution is 5.46. The molecule has 0 amide bonds. The summed E-state index contributed by atoms with van der Waals surface area (Å²) >= 11 is 0. The topological polar surface area (TPSA) is 32.7 Å². The summed E-state index contributed by atoms with van der Waals surface area (Å²) in [7, 11) is 3.90. The molecule has 0 saturated heterocycles. The van der Waals surface area contributed by atoms with Crippen molar-refractivity contribution in [2.24, 2.45) is 5.92 Å². The fraction of sp³-hybridized carbons (Fsp3) is 0.357. The van der Waals surface area contributed by atoms with E-state index in [1.54, 1.807) is 7.11 Å². The number of hydrogen-bond acceptors (Lipinski definition) is 3. The molecule has 0 aromatic heterocycles. The molecule has 3 aromatic rings. The highest BCUT2D eigenvalue weighted by Crippen LogP contribution is 2.60. The second-order valence-corrected chi connectivity index (χ2v) is 9.32. The molecule has 6 rings (SSSR count). The number of hydrogen-bond donors (Lipinski definition) is 1. The van der Waals surface area contributed by atoms with E-state index in [4.69, 9.17) is 4.74 Å². The van der Waals surface area contributed by atoms with Crippen LogP contribution < -0.4 is 4.74 Å². The molecule has 31 heavy (non-hydrogen) atoms. The van der Waals surface area contributed by atoms with Crippen LogP contribution in [0.15, 0.2) is 78.9 Å². The van der Waals surface area contributed by atoms with Crippen LogP contribution in [0.5, 0.6) is 5.75 Å². The van der Waals surface area contributed by atoms with E-state index in [1.807, 2.05) is 24.3 Å². The van der Waals surface area contributed by atoms with Crippen LogP contribution in [0.4, 0.5) is 0 Å². The lowest BCUT2D eigenvalue weighted by molar-refractivity contribution is -0.0600.